The van der Waals surface area contributed by atoms with E-state index in [9.17, 15) is 8.42 Å². The summed E-state index contributed by atoms with van der Waals surface area (Å²) in [6, 6.07) is 13.3. The van der Waals surface area contributed by atoms with Gasteiger partial charge in [0.1, 0.15) is 10.6 Å². The molecular weight excluding hydrogens is 402 g/mol. The number of anilines is 1. The van der Waals surface area contributed by atoms with Crippen LogP contribution in [0, 0.1) is 6.92 Å². The molecule has 2 aromatic carbocycles. The van der Waals surface area contributed by atoms with Gasteiger partial charge in [-0.25, -0.2) is 13.1 Å². The minimum absolute atomic E-state index is 0.0873. The Morgan fingerprint density at radius 3 is 2.40 bits per heavy atom. The second kappa shape index (κ2) is 9.78. The zero-order valence-electron chi connectivity index (χ0n) is 18.1. The molecule has 1 saturated heterocycles. The predicted octanol–water partition coefficient (Wildman–Crippen LogP) is 2.42. The monoisotopic (exact) mass is 433 g/mol. The molecule has 0 saturated carbocycles. The van der Waals surface area contributed by atoms with Crippen LogP contribution in [-0.2, 0) is 14.8 Å². The lowest BCUT2D eigenvalue weighted by molar-refractivity contribution is 0.0172. The average Bonchev–Trinajstić information content (AvgIpc) is 2.75. The van der Waals surface area contributed by atoms with E-state index >= 15 is 0 Å². The summed E-state index contributed by atoms with van der Waals surface area (Å²) in [6.45, 7) is 4.93. The predicted molar refractivity (Wildman–Crippen MR) is 119 cm³/mol. The highest BCUT2D eigenvalue weighted by Gasteiger charge is 2.26. The molecule has 1 atom stereocenters. The van der Waals surface area contributed by atoms with Gasteiger partial charge in [0.05, 0.1) is 20.3 Å². The number of methoxy groups -OCH3 is 1. The van der Waals surface area contributed by atoms with Crippen LogP contribution in [0.1, 0.15) is 17.2 Å². The number of hydrogen-bond donors (Lipinski definition) is 1. The molecule has 1 fully saturated rings. The number of benzene rings is 2. The summed E-state index contributed by atoms with van der Waals surface area (Å²) in [5, 5.41) is 0. The fourth-order valence-electron chi connectivity index (χ4n) is 3.60. The van der Waals surface area contributed by atoms with Crippen molar-refractivity contribution in [3.63, 3.8) is 0 Å². The van der Waals surface area contributed by atoms with Crippen LogP contribution in [0.25, 0.3) is 0 Å². The maximum Gasteiger partial charge on any atom is 0.244 e. The molecule has 164 valence electrons. The molecule has 1 N–H and O–H groups in total. The van der Waals surface area contributed by atoms with E-state index in [1.54, 1.807) is 12.1 Å². The van der Waals surface area contributed by atoms with E-state index in [0.717, 1.165) is 29.9 Å². The Kier molecular flexibility index (Phi) is 7.36. The highest BCUT2D eigenvalue weighted by atomic mass is 32.2. The van der Waals surface area contributed by atoms with Crippen molar-refractivity contribution in [2.45, 2.75) is 17.9 Å². The molecule has 0 aliphatic carbocycles. The molecule has 0 radical (unpaired) electrons. The summed E-state index contributed by atoms with van der Waals surface area (Å²) in [5.41, 5.74) is 3.03. The number of morpholine rings is 1. The summed E-state index contributed by atoms with van der Waals surface area (Å²) in [5.74, 6) is 0.339. The van der Waals surface area contributed by atoms with Crippen LogP contribution in [0.4, 0.5) is 5.69 Å². The third kappa shape index (κ3) is 5.31. The Morgan fingerprint density at radius 1 is 1.13 bits per heavy atom. The largest absolute Gasteiger partial charge is 0.495 e. The van der Waals surface area contributed by atoms with Gasteiger partial charge in [-0.1, -0.05) is 18.2 Å². The van der Waals surface area contributed by atoms with Crippen molar-refractivity contribution in [3.8, 4) is 5.75 Å². The Morgan fingerprint density at radius 2 is 1.80 bits per heavy atom. The summed E-state index contributed by atoms with van der Waals surface area (Å²) in [7, 11) is 1.74. The Balaban J connectivity index is 1.85. The molecule has 3 rings (SSSR count). The second-order valence-electron chi connectivity index (χ2n) is 7.66. The van der Waals surface area contributed by atoms with Crippen LogP contribution in [0.3, 0.4) is 0 Å². The number of nitrogens with one attached hydrogen (secondary N) is 1. The SMILES string of the molecule is COc1ccc(C)cc1S(=O)(=O)NCC(c1ccc(N(C)C)cc1)N1CCOCC1. The first-order valence-electron chi connectivity index (χ1n) is 10.0. The van der Waals surface area contributed by atoms with Crippen LogP contribution in [0.5, 0.6) is 5.75 Å². The van der Waals surface area contributed by atoms with Gasteiger partial charge in [0.2, 0.25) is 10.0 Å². The van der Waals surface area contributed by atoms with Crippen LogP contribution < -0.4 is 14.4 Å². The summed E-state index contributed by atoms with van der Waals surface area (Å²) >= 11 is 0. The van der Waals surface area contributed by atoms with Gasteiger partial charge >= 0.3 is 0 Å². The van der Waals surface area contributed by atoms with E-state index in [4.69, 9.17) is 9.47 Å². The molecule has 7 nitrogen and oxygen atoms in total. The lowest BCUT2D eigenvalue weighted by Crippen LogP contribution is -2.43. The topological polar surface area (TPSA) is 71.1 Å². The third-order valence-electron chi connectivity index (χ3n) is 5.36. The number of hydrogen-bond acceptors (Lipinski definition) is 6. The molecule has 2 aromatic rings. The molecule has 0 aromatic heterocycles. The van der Waals surface area contributed by atoms with Crippen LogP contribution in [-0.4, -0.2) is 67.4 Å². The van der Waals surface area contributed by atoms with Crippen molar-refractivity contribution in [3.05, 3.63) is 53.6 Å². The molecular formula is C22H31N3O4S. The van der Waals surface area contributed by atoms with Gasteiger partial charge in [-0.15, -0.1) is 0 Å². The van der Waals surface area contributed by atoms with Gasteiger partial charge in [0, 0.05) is 45.5 Å². The summed E-state index contributed by atoms with van der Waals surface area (Å²) in [6.07, 6.45) is 0. The average molecular weight is 434 g/mol. The van der Waals surface area contributed by atoms with Gasteiger partial charge in [-0.2, -0.15) is 0 Å². The number of rotatable bonds is 8. The quantitative estimate of drug-likeness (QED) is 0.690. The Bertz CT molecular complexity index is 939. The van der Waals surface area contributed by atoms with Crippen molar-refractivity contribution >= 4 is 15.7 Å². The molecule has 1 aliphatic heterocycles. The first kappa shape index (κ1) is 22.6. The molecule has 0 bridgehead atoms. The van der Waals surface area contributed by atoms with Crippen molar-refractivity contribution in [1.82, 2.24) is 9.62 Å². The minimum Gasteiger partial charge on any atom is -0.495 e. The van der Waals surface area contributed by atoms with Crippen molar-refractivity contribution < 1.29 is 17.9 Å². The molecule has 1 heterocycles. The zero-order valence-corrected chi connectivity index (χ0v) is 18.9. The maximum absolute atomic E-state index is 13.1. The van der Waals surface area contributed by atoms with Crippen molar-refractivity contribution in [1.29, 1.82) is 0 Å². The van der Waals surface area contributed by atoms with Crippen LogP contribution in [0.2, 0.25) is 0 Å². The summed E-state index contributed by atoms with van der Waals surface area (Å²) < 4.78 is 39.8. The Hall–Kier alpha value is -2.13. The molecule has 8 heteroatoms. The lowest BCUT2D eigenvalue weighted by atomic mass is 10.0. The number of ether oxygens (including phenoxy) is 2. The molecule has 30 heavy (non-hydrogen) atoms. The third-order valence-corrected chi connectivity index (χ3v) is 6.80. The normalized spacial score (nSPS) is 16.3. The second-order valence-corrected chi connectivity index (χ2v) is 9.39. The summed E-state index contributed by atoms with van der Waals surface area (Å²) in [4.78, 5) is 4.47. The first-order chi connectivity index (χ1) is 14.3. The fraction of sp³-hybridized carbons (Fsp3) is 0.455. The highest BCUT2D eigenvalue weighted by molar-refractivity contribution is 7.89. The molecule has 0 amide bonds. The van der Waals surface area contributed by atoms with E-state index in [-0.39, 0.29) is 17.5 Å². The minimum atomic E-state index is -3.73. The first-order valence-corrected chi connectivity index (χ1v) is 11.5. The van der Waals surface area contributed by atoms with Crippen molar-refractivity contribution in [2.24, 2.45) is 0 Å². The van der Waals surface area contributed by atoms with Gasteiger partial charge in [0.25, 0.3) is 0 Å². The van der Waals surface area contributed by atoms with Crippen LogP contribution >= 0.6 is 0 Å². The zero-order chi connectivity index (χ0) is 21.7. The standard InChI is InChI=1S/C22H31N3O4S/c1-17-5-10-21(28-4)22(15-17)30(26,27)23-16-20(25-11-13-29-14-12-25)18-6-8-19(9-7-18)24(2)3/h5-10,15,20,23H,11-14,16H2,1-4H3. The van der Waals surface area contributed by atoms with Crippen molar-refractivity contribution in [2.75, 3.05) is 59.0 Å². The Labute approximate surface area is 179 Å². The highest BCUT2D eigenvalue weighted by Crippen LogP contribution is 2.27. The van der Waals surface area contributed by atoms with E-state index in [0.29, 0.717) is 19.0 Å². The number of sulfonamides is 1. The number of nitrogens with zero attached hydrogens (tertiary/aromatic N) is 2. The van der Waals surface area contributed by atoms with E-state index in [1.165, 1.54) is 7.11 Å². The van der Waals surface area contributed by atoms with Gasteiger partial charge < -0.3 is 14.4 Å². The molecule has 1 aliphatic rings. The smallest absolute Gasteiger partial charge is 0.244 e. The van der Waals surface area contributed by atoms with E-state index < -0.39 is 10.0 Å². The maximum atomic E-state index is 13.1. The fourth-order valence-corrected chi connectivity index (χ4v) is 4.89. The number of aryl methyl sites for hydroxylation is 1. The molecule has 0 spiro atoms. The van der Waals surface area contributed by atoms with Gasteiger partial charge in [-0.3, -0.25) is 4.90 Å². The lowest BCUT2D eigenvalue weighted by Gasteiger charge is -2.35. The molecule has 1 unspecified atom stereocenters. The van der Waals surface area contributed by atoms with Crippen LogP contribution in [0.15, 0.2) is 47.4 Å². The van der Waals surface area contributed by atoms with E-state index in [1.807, 2.05) is 32.0 Å². The van der Waals surface area contributed by atoms with Gasteiger partial charge in [-0.05, 0) is 42.3 Å². The van der Waals surface area contributed by atoms with Gasteiger partial charge in [0.15, 0.2) is 0 Å². The van der Waals surface area contributed by atoms with E-state index in [2.05, 4.69) is 33.9 Å².